The van der Waals surface area contributed by atoms with E-state index >= 15 is 0 Å². The number of hydrogen-bond donors (Lipinski definition) is 2. The molecule has 2 N–H and O–H groups in total. The molecule has 5 nitrogen and oxygen atoms in total. The predicted octanol–water partition coefficient (Wildman–Crippen LogP) is 0.780. The highest BCUT2D eigenvalue weighted by atomic mass is 32.2. The van der Waals surface area contributed by atoms with Crippen molar-refractivity contribution in [3.05, 3.63) is 0 Å². The second-order valence-corrected chi connectivity index (χ2v) is 8.16. The Hall–Kier alpha value is -0.170. The zero-order valence-electron chi connectivity index (χ0n) is 12.6. The van der Waals surface area contributed by atoms with E-state index in [0.717, 1.165) is 32.5 Å². The first kappa shape index (κ1) is 16.2. The van der Waals surface area contributed by atoms with Crippen LogP contribution in [0.25, 0.3) is 0 Å². The fourth-order valence-corrected chi connectivity index (χ4v) is 4.77. The van der Waals surface area contributed by atoms with Crippen molar-refractivity contribution in [3.8, 4) is 0 Å². The lowest BCUT2D eigenvalue weighted by Crippen LogP contribution is -2.41. The van der Waals surface area contributed by atoms with Gasteiger partial charge in [0.2, 0.25) is 10.0 Å². The summed E-state index contributed by atoms with van der Waals surface area (Å²) in [4.78, 5) is 2.30. The predicted molar refractivity (Wildman–Crippen MR) is 82.3 cm³/mol. The van der Waals surface area contributed by atoms with Crippen LogP contribution in [-0.4, -0.2) is 58.3 Å². The van der Waals surface area contributed by atoms with Gasteiger partial charge in [-0.25, -0.2) is 13.1 Å². The number of likely N-dealkylation sites (N-methyl/N-ethyl adjacent to an activating group) is 1. The number of piperidine rings is 1. The minimum Gasteiger partial charge on any atom is -0.316 e. The first-order valence-electron chi connectivity index (χ1n) is 7.95. The van der Waals surface area contributed by atoms with E-state index < -0.39 is 10.0 Å². The lowest BCUT2D eigenvalue weighted by Gasteiger charge is -2.25. The van der Waals surface area contributed by atoms with E-state index in [1.54, 1.807) is 0 Å². The largest absolute Gasteiger partial charge is 0.316 e. The van der Waals surface area contributed by atoms with Gasteiger partial charge in [0, 0.05) is 19.1 Å². The van der Waals surface area contributed by atoms with Gasteiger partial charge >= 0.3 is 0 Å². The first-order chi connectivity index (χ1) is 9.57. The third-order valence-electron chi connectivity index (χ3n) is 4.59. The molecule has 0 aromatic heterocycles. The summed E-state index contributed by atoms with van der Waals surface area (Å²) in [5.74, 6) is 0.543. The van der Waals surface area contributed by atoms with Gasteiger partial charge in [0.15, 0.2) is 0 Å². The fourth-order valence-electron chi connectivity index (χ4n) is 3.34. The summed E-state index contributed by atoms with van der Waals surface area (Å²) in [5, 5.41) is 3.27. The summed E-state index contributed by atoms with van der Waals surface area (Å²) in [6, 6.07) is 0.655. The summed E-state index contributed by atoms with van der Waals surface area (Å²) in [7, 11) is -1.01. The van der Waals surface area contributed by atoms with Gasteiger partial charge in [-0.3, -0.25) is 0 Å². The van der Waals surface area contributed by atoms with Crippen molar-refractivity contribution in [1.29, 1.82) is 0 Å². The lowest BCUT2D eigenvalue weighted by molar-refractivity contribution is 0.249. The average molecular weight is 303 g/mol. The normalized spacial score (nSPS) is 25.4. The maximum Gasteiger partial charge on any atom is 0.211 e. The van der Waals surface area contributed by atoms with Crippen molar-refractivity contribution in [2.75, 3.05) is 39.0 Å². The Balaban J connectivity index is 1.66. The molecule has 0 spiro atoms. The van der Waals surface area contributed by atoms with Gasteiger partial charge in [-0.2, -0.15) is 0 Å². The molecule has 20 heavy (non-hydrogen) atoms. The second-order valence-electron chi connectivity index (χ2n) is 6.31. The van der Waals surface area contributed by atoms with Crippen molar-refractivity contribution < 1.29 is 8.42 Å². The highest BCUT2D eigenvalue weighted by Gasteiger charge is 2.22. The molecule has 0 bridgehead atoms. The SMILES string of the molecule is CN(CCNS(=O)(=O)CC1CCCNC1)C1CCCC1. The van der Waals surface area contributed by atoms with Crippen LogP contribution in [0, 0.1) is 5.92 Å². The van der Waals surface area contributed by atoms with Crippen LogP contribution >= 0.6 is 0 Å². The summed E-state index contributed by atoms with van der Waals surface area (Å²) in [5.41, 5.74) is 0. The Morgan fingerprint density at radius 2 is 1.95 bits per heavy atom. The van der Waals surface area contributed by atoms with Gasteiger partial charge < -0.3 is 10.2 Å². The van der Waals surface area contributed by atoms with E-state index in [9.17, 15) is 8.42 Å². The van der Waals surface area contributed by atoms with Crippen LogP contribution in [0.15, 0.2) is 0 Å². The molecule has 1 aliphatic carbocycles. The van der Waals surface area contributed by atoms with Crippen LogP contribution in [0.3, 0.4) is 0 Å². The van der Waals surface area contributed by atoms with Crippen LogP contribution in [0.4, 0.5) is 0 Å². The summed E-state index contributed by atoms with van der Waals surface area (Å²) >= 11 is 0. The van der Waals surface area contributed by atoms with Crippen molar-refractivity contribution in [3.63, 3.8) is 0 Å². The standard InChI is InChI=1S/C14H29N3O2S/c1-17(14-6-2-3-7-14)10-9-16-20(18,19)12-13-5-4-8-15-11-13/h13-16H,2-12H2,1H3. The molecule has 0 aromatic rings. The topological polar surface area (TPSA) is 61.4 Å². The zero-order valence-corrected chi connectivity index (χ0v) is 13.4. The molecule has 6 heteroatoms. The van der Waals surface area contributed by atoms with E-state index in [1.165, 1.54) is 25.7 Å². The second kappa shape index (κ2) is 7.73. The number of nitrogens with one attached hydrogen (secondary N) is 2. The van der Waals surface area contributed by atoms with Crippen LogP contribution in [0.2, 0.25) is 0 Å². The maximum absolute atomic E-state index is 12.0. The third-order valence-corrected chi connectivity index (χ3v) is 6.14. The highest BCUT2D eigenvalue weighted by Crippen LogP contribution is 2.21. The molecule has 2 rings (SSSR count). The monoisotopic (exact) mass is 303 g/mol. The van der Waals surface area contributed by atoms with Crippen molar-refractivity contribution >= 4 is 10.0 Å². The van der Waals surface area contributed by atoms with Gasteiger partial charge in [-0.1, -0.05) is 12.8 Å². The molecule has 2 aliphatic rings. The number of nitrogens with zero attached hydrogens (tertiary/aromatic N) is 1. The van der Waals surface area contributed by atoms with Crippen LogP contribution in [0.1, 0.15) is 38.5 Å². The van der Waals surface area contributed by atoms with Gasteiger partial charge in [-0.05, 0) is 51.7 Å². The molecule has 0 aromatic carbocycles. The van der Waals surface area contributed by atoms with E-state index in [4.69, 9.17) is 0 Å². The molecule has 1 saturated heterocycles. The Bertz CT molecular complexity index is 374. The molecule has 1 atom stereocenters. The van der Waals surface area contributed by atoms with Gasteiger partial charge in [-0.15, -0.1) is 0 Å². The van der Waals surface area contributed by atoms with Crippen LogP contribution in [0.5, 0.6) is 0 Å². The molecule has 1 saturated carbocycles. The number of sulfonamides is 1. The maximum atomic E-state index is 12.0. The smallest absolute Gasteiger partial charge is 0.211 e. The van der Waals surface area contributed by atoms with Crippen LogP contribution < -0.4 is 10.0 Å². The minimum absolute atomic E-state index is 0.271. The zero-order chi connectivity index (χ0) is 14.4. The van der Waals surface area contributed by atoms with E-state index in [2.05, 4.69) is 22.0 Å². The quantitative estimate of drug-likeness (QED) is 0.730. The molecule has 118 valence electrons. The molecule has 1 unspecified atom stereocenters. The van der Waals surface area contributed by atoms with Crippen molar-refractivity contribution in [2.24, 2.45) is 5.92 Å². The lowest BCUT2D eigenvalue weighted by atomic mass is 10.0. The molecule has 0 amide bonds. The van der Waals surface area contributed by atoms with Gasteiger partial charge in [0.1, 0.15) is 0 Å². The minimum atomic E-state index is -3.12. The fraction of sp³-hybridized carbons (Fsp3) is 1.00. The molecule has 0 radical (unpaired) electrons. The van der Waals surface area contributed by atoms with Gasteiger partial charge in [0.05, 0.1) is 5.75 Å². The van der Waals surface area contributed by atoms with Crippen molar-refractivity contribution in [2.45, 2.75) is 44.6 Å². The summed E-state index contributed by atoms with van der Waals surface area (Å²) in [6.45, 7) is 3.21. The highest BCUT2D eigenvalue weighted by molar-refractivity contribution is 7.89. The van der Waals surface area contributed by atoms with Crippen LogP contribution in [-0.2, 0) is 10.0 Å². The molecular weight excluding hydrogens is 274 g/mol. The number of hydrogen-bond acceptors (Lipinski definition) is 4. The Morgan fingerprint density at radius 1 is 1.20 bits per heavy atom. The molecule has 1 heterocycles. The van der Waals surface area contributed by atoms with Gasteiger partial charge in [0.25, 0.3) is 0 Å². The van der Waals surface area contributed by atoms with E-state index in [0.29, 0.717) is 12.6 Å². The Labute approximate surface area is 123 Å². The Kier molecular flexibility index (Phi) is 6.26. The third kappa shape index (κ3) is 5.31. The molecular formula is C14H29N3O2S. The molecule has 1 aliphatic heterocycles. The van der Waals surface area contributed by atoms with Crippen molar-refractivity contribution in [1.82, 2.24) is 14.9 Å². The Morgan fingerprint density at radius 3 is 2.60 bits per heavy atom. The molecule has 2 fully saturated rings. The summed E-state index contributed by atoms with van der Waals surface area (Å²) in [6.07, 6.45) is 7.26. The average Bonchev–Trinajstić information content (AvgIpc) is 2.93. The van der Waals surface area contributed by atoms with E-state index in [1.807, 2.05) is 0 Å². The first-order valence-corrected chi connectivity index (χ1v) is 9.60. The number of rotatable bonds is 7. The summed E-state index contributed by atoms with van der Waals surface area (Å²) < 4.78 is 26.9. The van der Waals surface area contributed by atoms with E-state index in [-0.39, 0.29) is 11.7 Å².